The third kappa shape index (κ3) is 6.72. The van der Waals surface area contributed by atoms with Gasteiger partial charge >= 0.3 is 0 Å². The third-order valence-corrected chi connectivity index (χ3v) is 6.72. The van der Waals surface area contributed by atoms with Gasteiger partial charge in [0.05, 0.1) is 22.2 Å². The van der Waals surface area contributed by atoms with Crippen molar-refractivity contribution in [2.75, 3.05) is 12.4 Å². The molecule has 0 aliphatic heterocycles. The average molecular weight is 680 g/mol. The molecule has 184 valence electrons. The van der Waals surface area contributed by atoms with Gasteiger partial charge in [-0.2, -0.15) is 5.26 Å². The van der Waals surface area contributed by atoms with Crippen LogP contribution >= 0.6 is 47.8 Å². The lowest BCUT2D eigenvalue weighted by atomic mass is 10.1. The zero-order valence-electron chi connectivity index (χ0n) is 19.0. The second-order valence-corrected chi connectivity index (χ2v) is 10.0. The lowest BCUT2D eigenvalue weighted by Crippen LogP contribution is -2.14. The molecule has 11 heteroatoms. The van der Waals surface area contributed by atoms with Gasteiger partial charge in [0.25, 0.3) is 11.6 Å². The number of nitro groups is 1. The smallest absolute Gasteiger partial charge is 0.269 e. The number of rotatable bonds is 8. The zero-order valence-corrected chi connectivity index (χ0v) is 23.7. The molecule has 3 aromatic carbocycles. The number of non-ortho nitro benzene ring substituents is 1. The molecule has 0 atom stereocenters. The minimum Gasteiger partial charge on any atom is -0.493 e. The molecule has 0 radical (unpaired) electrons. The zero-order chi connectivity index (χ0) is 26.4. The van der Waals surface area contributed by atoms with Crippen LogP contribution in [0.5, 0.6) is 11.5 Å². The maximum Gasteiger partial charge on any atom is 0.269 e. The predicted molar refractivity (Wildman–Crippen MR) is 147 cm³/mol. The number of methoxy groups -OCH3 is 1. The van der Waals surface area contributed by atoms with E-state index in [2.05, 4.69) is 53.1 Å². The van der Waals surface area contributed by atoms with E-state index in [1.54, 1.807) is 24.3 Å². The van der Waals surface area contributed by atoms with E-state index in [-0.39, 0.29) is 17.9 Å². The van der Waals surface area contributed by atoms with Crippen LogP contribution < -0.4 is 14.8 Å². The first-order valence-electron chi connectivity index (χ1n) is 10.3. The Balaban J connectivity index is 1.82. The first-order valence-corrected chi connectivity index (χ1v) is 12.6. The van der Waals surface area contributed by atoms with Crippen molar-refractivity contribution in [1.29, 1.82) is 5.26 Å². The van der Waals surface area contributed by atoms with Crippen LogP contribution in [0.3, 0.4) is 0 Å². The van der Waals surface area contributed by atoms with Crippen LogP contribution in [0.1, 0.15) is 16.7 Å². The van der Waals surface area contributed by atoms with Crippen molar-refractivity contribution in [3.8, 4) is 17.6 Å². The van der Waals surface area contributed by atoms with Gasteiger partial charge in [-0.3, -0.25) is 14.9 Å². The van der Waals surface area contributed by atoms with Crippen LogP contribution in [0.15, 0.2) is 67.5 Å². The highest BCUT2D eigenvalue weighted by Gasteiger charge is 2.16. The monoisotopic (exact) mass is 677 g/mol. The summed E-state index contributed by atoms with van der Waals surface area (Å²) in [7, 11) is 1.47. The number of carbonyl (C=O) groups excluding carboxylic acids is 1. The quantitative estimate of drug-likeness (QED) is 0.115. The first-order chi connectivity index (χ1) is 17.1. The van der Waals surface area contributed by atoms with Crippen molar-refractivity contribution in [2.24, 2.45) is 0 Å². The standard InChI is InChI=1S/C25H18Br3N3O5/c1-14-7-19(26)23(20(27)8-14)30-25(32)17(12-29)9-16-10-21(28)24(22(11-16)35-2)36-13-15-3-5-18(6-4-15)31(33)34/h3-11H,13H2,1-2H3,(H,30,32)/b17-9+. The van der Waals surface area contributed by atoms with Crippen LogP contribution in [0.4, 0.5) is 11.4 Å². The molecule has 0 bridgehead atoms. The van der Waals surface area contributed by atoms with Crippen LogP contribution in [0.2, 0.25) is 0 Å². The maximum atomic E-state index is 12.8. The van der Waals surface area contributed by atoms with E-state index in [0.29, 0.717) is 36.2 Å². The highest BCUT2D eigenvalue weighted by molar-refractivity contribution is 9.11. The molecule has 0 aliphatic rings. The van der Waals surface area contributed by atoms with Crippen molar-refractivity contribution in [3.63, 3.8) is 0 Å². The van der Waals surface area contributed by atoms with E-state index in [4.69, 9.17) is 9.47 Å². The number of hydrogen-bond donors (Lipinski definition) is 1. The van der Waals surface area contributed by atoms with Crippen LogP contribution in [0, 0.1) is 28.4 Å². The van der Waals surface area contributed by atoms with Crippen molar-refractivity contribution in [3.05, 3.63) is 94.3 Å². The molecule has 3 rings (SSSR count). The number of anilines is 1. The largest absolute Gasteiger partial charge is 0.493 e. The topological polar surface area (TPSA) is 114 Å². The Hall–Kier alpha value is -3.20. The molecule has 0 saturated carbocycles. The third-order valence-electron chi connectivity index (χ3n) is 4.88. The molecule has 0 unspecified atom stereocenters. The fraction of sp³-hybridized carbons (Fsp3) is 0.120. The van der Waals surface area contributed by atoms with Gasteiger partial charge in [-0.05, 0) is 114 Å². The molecule has 0 heterocycles. The van der Waals surface area contributed by atoms with Gasteiger partial charge in [0, 0.05) is 21.1 Å². The minimum absolute atomic E-state index is 0.00641. The molecule has 8 nitrogen and oxygen atoms in total. The highest BCUT2D eigenvalue weighted by Crippen LogP contribution is 2.38. The summed E-state index contributed by atoms with van der Waals surface area (Å²) in [6, 6.07) is 15.0. The van der Waals surface area contributed by atoms with Crippen molar-refractivity contribution >= 4 is 71.1 Å². The summed E-state index contributed by atoms with van der Waals surface area (Å²) in [5.41, 5.74) is 2.66. The second kappa shape index (κ2) is 12.2. The minimum atomic E-state index is -0.573. The Morgan fingerprint density at radius 3 is 2.31 bits per heavy atom. The van der Waals surface area contributed by atoms with Crippen molar-refractivity contribution in [1.82, 2.24) is 0 Å². The molecule has 0 spiro atoms. The fourth-order valence-electron chi connectivity index (χ4n) is 3.15. The summed E-state index contributed by atoms with van der Waals surface area (Å²) in [6.07, 6.45) is 1.44. The molecule has 0 fully saturated rings. The second-order valence-electron chi connectivity index (χ2n) is 7.47. The van der Waals surface area contributed by atoms with E-state index in [0.717, 1.165) is 11.1 Å². The Morgan fingerprint density at radius 2 is 1.75 bits per heavy atom. The lowest BCUT2D eigenvalue weighted by Gasteiger charge is -2.14. The normalized spacial score (nSPS) is 10.9. The lowest BCUT2D eigenvalue weighted by molar-refractivity contribution is -0.384. The highest BCUT2D eigenvalue weighted by atomic mass is 79.9. The molecule has 3 aromatic rings. The number of amides is 1. The summed E-state index contributed by atoms with van der Waals surface area (Å²) in [5.74, 6) is 0.207. The number of nitro benzene ring substituents is 1. The molecule has 36 heavy (non-hydrogen) atoms. The number of nitrogens with zero attached hydrogens (tertiary/aromatic N) is 2. The summed E-state index contributed by atoms with van der Waals surface area (Å²) >= 11 is 10.3. The first kappa shape index (κ1) is 27.4. The van der Waals surface area contributed by atoms with Gasteiger partial charge in [0.2, 0.25) is 0 Å². The number of carbonyl (C=O) groups is 1. The van der Waals surface area contributed by atoms with Gasteiger partial charge in [-0.25, -0.2) is 0 Å². The summed E-state index contributed by atoms with van der Waals surface area (Å²) in [6.45, 7) is 2.07. The number of benzene rings is 3. The van der Waals surface area contributed by atoms with Crippen LogP contribution in [-0.2, 0) is 11.4 Å². The van der Waals surface area contributed by atoms with Crippen LogP contribution in [-0.4, -0.2) is 17.9 Å². The molecule has 0 saturated heterocycles. The molecule has 1 N–H and O–H groups in total. The Labute approximate surface area is 232 Å². The van der Waals surface area contributed by atoms with Gasteiger partial charge in [-0.1, -0.05) is 0 Å². The summed E-state index contributed by atoms with van der Waals surface area (Å²) < 4.78 is 13.2. The molecular formula is C25H18Br3N3O5. The molecular weight excluding hydrogens is 662 g/mol. The van der Waals surface area contributed by atoms with Gasteiger partial charge < -0.3 is 14.8 Å². The summed E-state index contributed by atoms with van der Waals surface area (Å²) in [4.78, 5) is 23.2. The van der Waals surface area contributed by atoms with Gasteiger partial charge in [-0.15, -0.1) is 0 Å². The number of halogens is 3. The SMILES string of the molecule is COc1cc(/C=C(\C#N)C(=O)Nc2c(Br)cc(C)cc2Br)cc(Br)c1OCc1ccc([N+](=O)[O-])cc1. The number of aryl methyl sites for hydroxylation is 1. The van der Waals surface area contributed by atoms with E-state index in [1.807, 2.05) is 25.1 Å². The summed E-state index contributed by atoms with van der Waals surface area (Å²) in [5, 5.41) is 23.2. The maximum absolute atomic E-state index is 12.8. The Morgan fingerprint density at radius 1 is 1.11 bits per heavy atom. The molecule has 0 aliphatic carbocycles. The van der Waals surface area contributed by atoms with E-state index >= 15 is 0 Å². The van der Waals surface area contributed by atoms with E-state index in [9.17, 15) is 20.2 Å². The van der Waals surface area contributed by atoms with Crippen molar-refractivity contribution < 1.29 is 19.2 Å². The van der Waals surface area contributed by atoms with Crippen molar-refractivity contribution in [2.45, 2.75) is 13.5 Å². The average Bonchev–Trinajstić information content (AvgIpc) is 2.83. The fourth-order valence-corrected chi connectivity index (χ4v) is 5.34. The van der Waals surface area contributed by atoms with E-state index in [1.165, 1.54) is 25.3 Å². The number of nitrogens with one attached hydrogen (secondary N) is 1. The number of nitriles is 1. The van der Waals surface area contributed by atoms with E-state index < -0.39 is 10.8 Å². The molecule has 0 aromatic heterocycles. The van der Waals surface area contributed by atoms with Gasteiger partial charge in [0.1, 0.15) is 18.2 Å². The Kier molecular flexibility index (Phi) is 9.25. The number of ether oxygens (including phenoxy) is 2. The molecule has 1 amide bonds. The Bertz CT molecular complexity index is 1380. The van der Waals surface area contributed by atoms with Crippen LogP contribution in [0.25, 0.3) is 6.08 Å². The predicted octanol–water partition coefficient (Wildman–Crippen LogP) is 7.32. The van der Waals surface area contributed by atoms with Gasteiger partial charge in [0.15, 0.2) is 11.5 Å². The number of hydrogen-bond acceptors (Lipinski definition) is 6.